The lowest BCUT2D eigenvalue weighted by Crippen LogP contribution is -1.97. The number of benzene rings is 4. The number of nitrogen functional groups attached to an aromatic ring is 2. The Balaban J connectivity index is 0.000000247. The zero-order valence-corrected chi connectivity index (χ0v) is 20.9. The molecule has 4 aromatic carbocycles. The molecule has 7 N–H and O–H groups in total. The van der Waals surface area contributed by atoms with Crippen LogP contribution in [0.1, 0.15) is 20.7 Å². The third-order valence-electron chi connectivity index (χ3n) is 5.16. The molecule has 0 atom stereocenters. The first-order chi connectivity index (χ1) is 16.7. The number of nitrogens with two attached hydrogens (primary N) is 2. The van der Waals surface area contributed by atoms with Gasteiger partial charge in [0.05, 0.1) is 29.6 Å². The highest BCUT2D eigenvalue weighted by Gasteiger charge is 2.11. The molecule has 0 heterocycles. The number of aromatic carboxylic acids is 2. The highest BCUT2D eigenvalue weighted by molar-refractivity contribution is 8.93. The van der Waals surface area contributed by atoms with Crippen molar-refractivity contribution < 1.29 is 29.6 Å². The Bertz CT molecular complexity index is 1390. The lowest BCUT2D eigenvalue weighted by atomic mass is 10.0. The van der Waals surface area contributed by atoms with Gasteiger partial charge in [-0.3, -0.25) is 0 Å². The van der Waals surface area contributed by atoms with Gasteiger partial charge in [0.25, 0.3) is 0 Å². The van der Waals surface area contributed by atoms with Crippen molar-refractivity contribution in [2.24, 2.45) is 0 Å². The maximum Gasteiger partial charge on any atom is 0.335 e. The highest BCUT2D eigenvalue weighted by Crippen LogP contribution is 2.35. The Morgan fingerprint density at radius 1 is 0.694 bits per heavy atom. The highest BCUT2D eigenvalue weighted by atomic mass is 79.9. The zero-order chi connectivity index (χ0) is 25.5. The summed E-state index contributed by atoms with van der Waals surface area (Å²) in [6.07, 6.45) is 0. The fraction of sp³-hybridized carbons (Fsp3) is 0.0370. The summed E-state index contributed by atoms with van der Waals surface area (Å²) < 4.78 is 5.26. The third kappa shape index (κ3) is 6.34. The van der Waals surface area contributed by atoms with Gasteiger partial charge in [-0.1, -0.05) is 48.5 Å². The zero-order valence-electron chi connectivity index (χ0n) is 19.2. The molecule has 8 nitrogen and oxygen atoms in total. The van der Waals surface area contributed by atoms with Gasteiger partial charge < -0.3 is 31.5 Å². The molecular formula is C27H25BrN2O6. The van der Waals surface area contributed by atoms with E-state index >= 15 is 0 Å². The number of hydrogen-bond acceptors (Lipinski definition) is 6. The van der Waals surface area contributed by atoms with Gasteiger partial charge in [0.1, 0.15) is 11.5 Å². The van der Waals surface area contributed by atoms with E-state index in [0.717, 1.165) is 11.1 Å². The van der Waals surface area contributed by atoms with Crippen LogP contribution in [0.15, 0.2) is 84.9 Å². The average molecular weight is 553 g/mol. The maximum absolute atomic E-state index is 10.9. The number of carbonyl (C=O) groups is 2. The van der Waals surface area contributed by atoms with E-state index in [4.69, 9.17) is 26.4 Å². The summed E-state index contributed by atoms with van der Waals surface area (Å²) in [5, 5.41) is 27.7. The fourth-order valence-corrected chi connectivity index (χ4v) is 3.44. The van der Waals surface area contributed by atoms with E-state index in [-0.39, 0.29) is 39.5 Å². The molecule has 0 radical (unpaired) electrons. The molecule has 0 aliphatic heterocycles. The van der Waals surface area contributed by atoms with Gasteiger partial charge in [-0.25, -0.2) is 9.59 Å². The summed E-state index contributed by atoms with van der Waals surface area (Å²) in [4.78, 5) is 21.8. The molecule has 4 aromatic rings. The first-order valence-corrected chi connectivity index (χ1v) is 10.4. The fourth-order valence-electron chi connectivity index (χ4n) is 3.44. The van der Waals surface area contributed by atoms with Crippen molar-refractivity contribution in [2.75, 3.05) is 18.6 Å². The molecule has 36 heavy (non-hydrogen) atoms. The van der Waals surface area contributed by atoms with Crippen molar-refractivity contribution in [1.82, 2.24) is 0 Å². The molecule has 0 bridgehead atoms. The first kappa shape index (κ1) is 27.7. The molecule has 0 aliphatic carbocycles. The molecule has 9 heteroatoms. The van der Waals surface area contributed by atoms with E-state index in [1.54, 1.807) is 60.7 Å². The standard InChI is InChI=1S/C14H13NO3.C13H11NO3.BrH/c1-18-13-11(6-3-7-12(13)15)9-4-2-5-10(8-9)14(16)17;14-11-6-2-5-10(12(11)15)8-3-1-4-9(7-8)13(16)17;/h2-8H,15H2,1H3,(H,16,17);1-7,15H,14H2,(H,16,17);1H. The Kier molecular flexibility index (Phi) is 9.46. The van der Waals surface area contributed by atoms with Crippen molar-refractivity contribution >= 4 is 40.3 Å². The van der Waals surface area contributed by atoms with Gasteiger partial charge >= 0.3 is 11.9 Å². The molecule has 0 amide bonds. The number of rotatable bonds is 5. The topological polar surface area (TPSA) is 156 Å². The van der Waals surface area contributed by atoms with Gasteiger partial charge in [-0.2, -0.15) is 0 Å². The maximum atomic E-state index is 10.9. The van der Waals surface area contributed by atoms with Gasteiger partial charge in [0.15, 0.2) is 0 Å². The number of halogens is 1. The molecule has 0 unspecified atom stereocenters. The van der Waals surface area contributed by atoms with Gasteiger partial charge in [-0.05, 0) is 47.5 Å². The minimum Gasteiger partial charge on any atom is -0.505 e. The van der Waals surface area contributed by atoms with Crippen LogP contribution in [0.5, 0.6) is 11.5 Å². The average Bonchev–Trinajstić information content (AvgIpc) is 2.86. The molecule has 0 aliphatic rings. The predicted octanol–water partition coefficient (Wildman–Crippen LogP) is 5.56. The van der Waals surface area contributed by atoms with E-state index in [1.807, 2.05) is 12.1 Å². The monoisotopic (exact) mass is 552 g/mol. The largest absolute Gasteiger partial charge is 0.505 e. The Hall–Kier alpha value is -4.50. The van der Waals surface area contributed by atoms with E-state index in [9.17, 15) is 14.7 Å². The number of phenolic OH excluding ortho intramolecular Hbond substituents is 1. The molecule has 186 valence electrons. The number of carboxylic acid groups (broad SMARTS) is 2. The minimum absolute atomic E-state index is 0. The molecule has 0 fully saturated rings. The Labute approximate surface area is 218 Å². The van der Waals surface area contributed by atoms with Crippen LogP contribution in [0, 0.1) is 0 Å². The second kappa shape index (κ2) is 12.3. The molecule has 4 rings (SSSR count). The second-order valence-electron chi connectivity index (χ2n) is 7.44. The predicted molar refractivity (Wildman–Crippen MR) is 145 cm³/mol. The van der Waals surface area contributed by atoms with Crippen LogP contribution >= 0.6 is 17.0 Å². The molecule has 0 saturated carbocycles. The number of carboxylic acids is 2. The lowest BCUT2D eigenvalue weighted by Gasteiger charge is -2.11. The molecule has 0 saturated heterocycles. The second-order valence-corrected chi connectivity index (χ2v) is 7.44. The van der Waals surface area contributed by atoms with Crippen LogP contribution in [0.25, 0.3) is 22.3 Å². The van der Waals surface area contributed by atoms with Crippen molar-refractivity contribution in [1.29, 1.82) is 0 Å². The summed E-state index contributed by atoms with van der Waals surface area (Å²) in [5.74, 6) is -1.44. The van der Waals surface area contributed by atoms with Crippen LogP contribution in [0.2, 0.25) is 0 Å². The summed E-state index contributed by atoms with van der Waals surface area (Å²) in [7, 11) is 1.54. The molecular weight excluding hydrogens is 528 g/mol. The first-order valence-electron chi connectivity index (χ1n) is 10.4. The summed E-state index contributed by atoms with van der Waals surface area (Å²) in [6.45, 7) is 0. The van der Waals surface area contributed by atoms with Crippen LogP contribution in [-0.2, 0) is 0 Å². The van der Waals surface area contributed by atoms with E-state index in [0.29, 0.717) is 22.6 Å². The van der Waals surface area contributed by atoms with Crippen LogP contribution in [0.4, 0.5) is 11.4 Å². The number of hydrogen-bond donors (Lipinski definition) is 5. The van der Waals surface area contributed by atoms with Crippen molar-refractivity contribution in [2.45, 2.75) is 0 Å². The number of para-hydroxylation sites is 2. The van der Waals surface area contributed by atoms with E-state index in [2.05, 4.69) is 0 Å². The SMILES string of the molecule is Br.COc1c(N)cccc1-c1cccc(C(=O)O)c1.Nc1cccc(-c2cccc(C(=O)O)c2)c1O. The number of anilines is 2. The smallest absolute Gasteiger partial charge is 0.335 e. The van der Waals surface area contributed by atoms with Crippen molar-refractivity contribution in [3.63, 3.8) is 0 Å². The van der Waals surface area contributed by atoms with Crippen LogP contribution in [-0.4, -0.2) is 34.4 Å². The molecule has 0 aromatic heterocycles. The number of aromatic hydroxyl groups is 1. The Morgan fingerprint density at radius 2 is 1.14 bits per heavy atom. The number of phenols is 1. The summed E-state index contributed by atoms with van der Waals surface area (Å²) >= 11 is 0. The van der Waals surface area contributed by atoms with Crippen molar-refractivity contribution in [3.05, 3.63) is 96.1 Å². The van der Waals surface area contributed by atoms with E-state index in [1.165, 1.54) is 19.2 Å². The van der Waals surface area contributed by atoms with E-state index < -0.39 is 11.9 Å². The van der Waals surface area contributed by atoms with Gasteiger partial charge in [-0.15, -0.1) is 17.0 Å². The number of ether oxygens (including phenoxy) is 1. The number of methoxy groups -OCH3 is 1. The summed E-state index contributed by atoms with van der Waals surface area (Å²) in [5.41, 5.74) is 15.3. The van der Waals surface area contributed by atoms with Crippen molar-refractivity contribution in [3.8, 4) is 33.8 Å². The quantitative estimate of drug-likeness (QED) is 0.159. The third-order valence-corrected chi connectivity index (χ3v) is 5.16. The summed E-state index contributed by atoms with van der Waals surface area (Å²) in [6, 6.07) is 23.4. The van der Waals surface area contributed by atoms with Crippen LogP contribution in [0.3, 0.4) is 0 Å². The Morgan fingerprint density at radius 3 is 1.64 bits per heavy atom. The molecule has 0 spiro atoms. The lowest BCUT2D eigenvalue weighted by molar-refractivity contribution is 0.0686. The minimum atomic E-state index is -1.00. The normalized spacial score (nSPS) is 9.81. The van der Waals surface area contributed by atoms with Gasteiger partial charge in [0, 0.05) is 11.1 Å². The van der Waals surface area contributed by atoms with Gasteiger partial charge in [0.2, 0.25) is 0 Å². The van der Waals surface area contributed by atoms with Crippen LogP contribution < -0.4 is 16.2 Å².